The molecule has 222 valence electrons. The summed E-state index contributed by atoms with van der Waals surface area (Å²) in [6.45, 7) is 9.91. The molecule has 0 saturated heterocycles. The molecule has 0 radical (unpaired) electrons. The van der Waals surface area contributed by atoms with Gasteiger partial charge in [-0.25, -0.2) is 14.6 Å². The first-order chi connectivity index (χ1) is 19.7. The normalized spacial score (nSPS) is 11.7. The van der Waals surface area contributed by atoms with Gasteiger partial charge in [0.2, 0.25) is 0 Å². The molecule has 0 aromatic heterocycles. The van der Waals surface area contributed by atoms with Gasteiger partial charge in [-0.2, -0.15) is 5.10 Å². The second-order valence-electron chi connectivity index (χ2n) is 11.5. The van der Waals surface area contributed by atoms with E-state index in [1.807, 2.05) is 13.8 Å². The molecule has 0 fully saturated rings. The first-order valence-electron chi connectivity index (χ1n) is 13.1. The second kappa shape index (κ2) is 13.2. The van der Waals surface area contributed by atoms with Crippen LogP contribution in [0, 0.1) is 21.3 Å². The Hall–Kier alpha value is -4.80. The number of nitrogens with one attached hydrogen (secondary N) is 1. The number of rotatable bonds is 11. The smallest absolute Gasteiger partial charge is 0.343 e. The van der Waals surface area contributed by atoms with E-state index < -0.39 is 29.2 Å². The Balaban J connectivity index is 1.61. The van der Waals surface area contributed by atoms with Crippen molar-refractivity contribution in [2.75, 3.05) is 13.7 Å². The number of benzene rings is 3. The molecule has 0 aliphatic heterocycles. The summed E-state index contributed by atoms with van der Waals surface area (Å²) in [4.78, 5) is 35.8. The number of esters is 1. The lowest BCUT2D eigenvalue weighted by Crippen LogP contribution is -2.26. The maximum absolute atomic E-state index is 13.4. The van der Waals surface area contributed by atoms with Crippen molar-refractivity contribution in [3.05, 3.63) is 93.3 Å². The average Bonchev–Trinajstić information content (AvgIpc) is 2.91. The fourth-order valence-electron chi connectivity index (χ4n) is 4.61. The highest BCUT2D eigenvalue weighted by Gasteiger charge is 2.30. The van der Waals surface area contributed by atoms with Crippen molar-refractivity contribution < 1.29 is 33.1 Å². The largest absolute Gasteiger partial charge is 0.493 e. The number of hydrazone groups is 1. The minimum atomic E-state index is -0.759. The fourth-order valence-corrected chi connectivity index (χ4v) is 4.61. The van der Waals surface area contributed by atoms with Crippen molar-refractivity contribution in [2.45, 2.75) is 46.5 Å². The van der Waals surface area contributed by atoms with Gasteiger partial charge in [-0.1, -0.05) is 46.8 Å². The van der Waals surface area contributed by atoms with Crippen LogP contribution in [0.25, 0.3) is 0 Å². The number of halogens is 1. The van der Waals surface area contributed by atoms with Crippen LogP contribution in [0.2, 0.25) is 0 Å². The molecule has 3 rings (SSSR count). The Labute approximate surface area is 243 Å². The fraction of sp³-hybridized carbons (Fsp3) is 0.323. The summed E-state index contributed by atoms with van der Waals surface area (Å²) in [5.74, 6) is -1.67. The Morgan fingerprint density at radius 2 is 1.71 bits per heavy atom. The van der Waals surface area contributed by atoms with Gasteiger partial charge in [0, 0.05) is 6.07 Å². The number of hydrogen-bond donors (Lipinski definition) is 1. The minimum Gasteiger partial charge on any atom is -0.493 e. The molecule has 0 unspecified atom stereocenters. The van der Waals surface area contributed by atoms with E-state index in [1.54, 1.807) is 12.1 Å². The van der Waals surface area contributed by atoms with Gasteiger partial charge in [-0.3, -0.25) is 14.9 Å². The molecule has 0 heterocycles. The summed E-state index contributed by atoms with van der Waals surface area (Å²) in [6, 6.07) is 14.4. The van der Waals surface area contributed by atoms with Gasteiger partial charge < -0.3 is 14.2 Å². The number of carbonyl (C=O) groups excluding carboxylic acids is 2. The van der Waals surface area contributed by atoms with Crippen molar-refractivity contribution in [1.82, 2.24) is 5.43 Å². The Morgan fingerprint density at radius 3 is 2.36 bits per heavy atom. The molecule has 1 amide bonds. The lowest BCUT2D eigenvalue weighted by atomic mass is 9.72. The van der Waals surface area contributed by atoms with Gasteiger partial charge in [0.1, 0.15) is 5.82 Å². The molecule has 3 aromatic rings. The molecule has 0 atom stereocenters. The van der Waals surface area contributed by atoms with E-state index in [1.165, 1.54) is 55.8 Å². The first kappa shape index (κ1) is 31.7. The van der Waals surface area contributed by atoms with Crippen molar-refractivity contribution >= 4 is 23.8 Å². The lowest BCUT2D eigenvalue weighted by Gasteiger charge is -2.33. The molecular weight excluding hydrogens is 545 g/mol. The van der Waals surface area contributed by atoms with E-state index in [-0.39, 0.29) is 39.3 Å². The van der Waals surface area contributed by atoms with Crippen molar-refractivity contribution in [3.8, 4) is 17.2 Å². The minimum absolute atomic E-state index is 0.0241. The van der Waals surface area contributed by atoms with E-state index in [9.17, 15) is 24.1 Å². The quantitative estimate of drug-likeness (QED) is 0.0941. The maximum Gasteiger partial charge on any atom is 0.343 e. The average molecular weight is 580 g/mol. The van der Waals surface area contributed by atoms with Crippen LogP contribution in [-0.4, -0.2) is 36.7 Å². The van der Waals surface area contributed by atoms with Gasteiger partial charge in [-0.05, 0) is 70.8 Å². The Morgan fingerprint density at radius 1 is 1.00 bits per heavy atom. The zero-order valence-corrected chi connectivity index (χ0v) is 24.4. The zero-order valence-electron chi connectivity index (χ0n) is 24.4. The molecular formula is C31H34FN3O7. The van der Waals surface area contributed by atoms with Crippen LogP contribution in [0.15, 0.2) is 65.8 Å². The van der Waals surface area contributed by atoms with Gasteiger partial charge in [-0.15, -0.1) is 0 Å². The van der Waals surface area contributed by atoms with Crippen LogP contribution in [0.5, 0.6) is 17.2 Å². The number of hydrogen-bond acceptors (Lipinski definition) is 8. The van der Waals surface area contributed by atoms with Crippen molar-refractivity contribution in [3.63, 3.8) is 0 Å². The Kier molecular flexibility index (Phi) is 10.0. The summed E-state index contributed by atoms with van der Waals surface area (Å²) < 4.78 is 29.4. The van der Waals surface area contributed by atoms with Crippen molar-refractivity contribution in [2.24, 2.45) is 10.5 Å². The molecule has 0 spiro atoms. The van der Waals surface area contributed by atoms with Crippen LogP contribution in [0.3, 0.4) is 0 Å². The SMILES string of the molecule is COc1cc(/C=N/NC(=O)COc2ccc(C(C)(C)CC(C)(C)C)cc2[N+](=O)[O-])ccc1OC(=O)c1cccc(F)c1. The van der Waals surface area contributed by atoms with E-state index in [0.29, 0.717) is 5.56 Å². The monoisotopic (exact) mass is 579 g/mol. The number of methoxy groups -OCH3 is 1. The molecule has 0 saturated carbocycles. The molecule has 0 aliphatic carbocycles. The van der Waals surface area contributed by atoms with E-state index >= 15 is 0 Å². The third-order valence-corrected chi connectivity index (χ3v) is 6.12. The predicted octanol–water partition coefficient (Wildman–Crippen LogP) is 6.20. The third-order valence-electron chi connectivity index (χ3n) is 6.12. The molecule has 3 aromatic carbocycles. The van der Waals surface area contributed by atoms with Crippen LogP contribution >= 0.6 is 0 Å². The number of nitrogens with zero attached hydrogens (tertiary/aromatic N) is 2. The van der Waals surface area contributed by atoms with Gasteiger partial charge in [0.05, 0.1) is 23.8 Å². The van der Waals surface area contributed by atoms with Gasteiger partial charge in [0.25, 0.3) is 5.91 Å². The number of nitro benzene ring substituents is 1. The zero-order chi connectivity index (χ0) is 31.1. The van der Waals surface area contributed by atoms with Crippen molar-refractivity contribution in [1.29, 1.82) is 0 Å². The highest BCUT2D eigenvalue weighted by Crippen LogP contribution is 2.39. The number of nitro groups is 1. The summed E-state index contributed by atoms with van der Waals surface area (Å²) in [7, 11) is 1.38. The van der Waals surface area contributed by atoms with Gasteiger partial charge in [0.15, 0.2) is 23.9 Å². The molecule has 0 aliphatic rings. The molecule has 1 N–H and O–H groups in total. The summed E-state index contributed by atoms with van der Waals surface area (Å²) >= 11 is 0. The number of amides is 1. The van der Waals surface area contributed by atoms with Crippen LogP contribution in [-0.2, 0) is 10.2 Å². The van der Waals surface area contributed by atoms with Crippen LogP contribution in [0.1, 0.15) is 62.5 Å². The molecule has 10 nitrogen and oxygen atoms in total. The number of carbonyl (C=O) groups is 2. The van der Waals surface area contributed by atoms with E-state index in [4.69, 9.17) is 14.2 Å². The number of ether oxygens (including phenoxy) is 3. The Bertz CT molecular complexity index is 1500. The maximum atomic E-state index is 13.4. The van der Waals surface area contributed by atoms with Crippen LogP contribution in [0.4, 0.5) is 10.1 Å². The van der Waals surface area contributed by atoms with Crippen LogP contribution < -0.4 is 19.6 Å². The molecule has 0 bridgehead atoms. The predicted molar refractivity (Wildman–Crippen MR) is 156 cm³/mol. The third kappa shape index (κ3) is 8.85. The second-order valence-corrected chi connectivity index (χ2v) is 11.5. The van der Waals surface area contributed by atoms with E-state index in [2.05, 4.69) is 31.3 Å². The molecule has 42 heavy (non-hydrogen) atoms. The topological polar surface area (TPSA) is 129 Å². The van der Waals surface area contributed by atoms with Gasteiger partial charge >= 0.3 is 11.7 Å². The summed E-state index contributed by atoms with van der Waals surface area (Å²) in [5.41, 5.74) is 3.13. The summed E-state index contributed by atoms with van der Waals surface area (Å²) in [5, 5.41) is 15.6. The standard InChI is InChI=1S/C31H34FN3O7/c1-30(2,3)19-31(4,5)22-11-13-25(24(16-22)35(38)39)41-18-28(36)34-33-17-20-10-12-26(27(14-20)40-6)42-29(37)21-8-7-9-23(32)15-21/h7-17H,18-19H2,1-6H3,(H,34,36)/b33-17+. The highest BCUT2D eigenvalue weighted by molar-refractivity contribution is 5.91. The lowest BCUT2D eigenvalue weighted by molar-refractivity contribution is -0.385. The summed E-state index contributed by atoms with van der Waals surface area (Å²) in [6.07, 6.45) is 2.14. The molecule has 11 heteroatoms. The first-order valence-corrected chi connectivity index (χ1v) is 13.1. The highest BCUT2D eigenvalue weighted by atomic mass is 19.1. The van der Waals surface area contributed by atoms with E-state index in [0.717, 1.165) is 18.1 Å².